The van der Waals surface area contributed by atoms with E-state index in [2.05, 4.69) is 20.3 Å². The number of H-pyrrole nitrogens is 1. The minimum absolute atomic E-state index is 0.0756. The van der Waals surface area contributed by atoms with Crippen molar-refractivity contribution in [2.24, 2.45) is 17.9 Å². The third-order valence-corrected chi connectivity index (χ3v) is 3.11. The third-order valence-electron chi connectivity index (χ3n) is 2.13. The SMILES string of the molecule is Cn1c(Sc2cccc(C(N)=NO)n2)n[nH]c1=O. The first-order chi connectivity index (χ1) is 8.61. The lowest BCUT2D eigenvalue weighted by Crippen LogP contribution is -2.15. The summed E-state index contributed by atoms with van der Waals surface area (Å²) >= 11 is 1.19. The van der Waals surface area contributed by atoms with Crippen LogP contribution in [0.15, 0.2) is 38.3 Å². The summed E-state index contributed by atoms with van der Waals surface area (Å²) in [5, 5.41) is 18.7. The van der Waals surface area contributed by atoms with Gasteiger partial charge >= 0.3 is 5.69 Å². The van der Waals surface area contributed by atoms with Crippen LogP contribution >= 0.6 is 11.8 Å². The first-order valence-electron chi connectivity index (χ1n) is 4.86. The summed E-state index contributed by atoms with van der Waals surface area (Å²) in [5.74, 6) is -0.0756. The van der Waals surface area contributed by atoms with Gasteiger partial charge in [-0.05, 0) is 23.9 Å². The zero-order chi connectivity index (χ0) is 13.1. The van der Waals surface area contributed by atoms with Crippen molar-refractivity contribution in [1.82, 2.24) is 19.7 Å². The maximum Gasteiger partial charge on any atom is 0.343 e. The first-order valence-corrected chi connectivity index (χ1v) is 5.67. The van der Waals surface area contributed by atoms with E-state index in [1.54, 1.807) is 25.2 Å². The summed E-state index contributed by atoms with van der Waals surface area (Å²) in [6, 6.07) is 5.06. The average Bonchev–Trinajstić information content (AvgIpc) is 2.70. The van der Waals surface area contributed by atoms with Gasteiger partial charge in [0.1, 0.15) is 10.7 Å². The Hall–Kier alpha value is -2.29. The standard InChI is InChI=1S/C9H10N6O2S/c1-15-8(16)12-13-9(15)18-6-4-2-3-5(11-6)7(10)14-17/h2-4,17H,1H3,(H2,10,14)(H,12,16). The van der Waals surface area contributed by atoms with Crippen molar-refractivity contribution >= 4 is 17.6 Å². The van der Waals surface area contributed by atoms with E-state index in [9.17, 15) is 4.79 Å². The van der Waals surface area contributed by atoms with Crippen LogP contribution in [-0.4, -0.2) is 30.8 Å². The molecule has 0 aliphatic rings. The molecule has 0 spiro atoms. The second-order valence-corrected chi connectivity index (χ2v) is 4.31. The summed E-state index contributed by atoms with van der Waals surface area (Å²) in [5.41, 5.74) is 5.49. The van der Waals surface area contributed by atoms with Crippen LogP contribution in [0, 0.1) is 0 Å². The Bertz CT molecular complexity index is 647. The van der Waals surface area contributed by atoms with Crippen LogP contribution in [0.2, 0.25) is 0 Å². The monoisotopic (exact) mass is 266 g/mol. The van der Waals surface area contributed by atoms with Gasteiger partial charge in [-0.3, -0.25) is 4.57 Å². The number of pyridine rings is 1. The van der Waals surface area contributed by atoms with E-state index >= 15 is 0 Å². The fourth-order valence-corrected chi connectivity index (χ4v) is 1.97. The Morgan fingerprint density at radius 2 is 2.39 bits per heavy atom. The summed E-state index contributed by atoms with van der Waals surface area (Å²) in [7, 11) is 1.60. The zero-order valence-electron chi connectivity index (χ0n) is 9.36. The Morgan fingerprint density at radius 3 is 3.00 bits per heavy atom. The van der Waals surface area contributed by atoms with Gasteiger partial charge in [0.05, 0.1) is 0 Å². The van der Waals surface area contributed by atoms with Crippen molar-refractivity contribution in [1.29, 1.82) is 0 Å². The molecule has 0 saturated carbocycles. The quantitative estimate of drug-likeness (QED) is 0.305. The van der Waals surface area contributed by atoms with Crippen molar-refractivity contribution in [2.75, 3.05) is 0 Å². The van der Waals surface area contributed by atoms with Crippen LogP contribution in [0.1, 0.15) is 5.69 Å². The smallest absolute Gasteiger partial charge is 0.343 e. The average molecular weight is 266 g/mol. The summed E-state index contributed by atoms with van der Waals surface area (Å²) < 4.78 is 1.36. The highest BCUT2D eigenvalue weighted by Crippen LogP contribution is 2.22. The number of rotatable bonds is 3. The fourth-order valence-electron chi connectivity index (χ4n) is 1.18. The Balaban J connectivity index is 2.30. The van der Waals surface area contributed by atoms with Gasteiger partial charge in [-0.15, -0.1) is 5.10 Å². The van der Waals surface area contributed by atoms with Crippen molar-refractivity contribution in [3.05, 3.63) is 34.4 Å². The molecule has 0 fully saturated rings. The van der Waals surface area contributed by atoms with E-state index in [0.29, 0.717) is 15.9 Å². The molecule has 2 aromatic heterocycles. The molecule has 8 nitrogen and oxygen atoms in total. The molecular weight excluding hydrogens is 256 g/mol. The van der Waals surface area contributed by atoms with Crippen LogP contribution in [0.25, 0.3) is 0 Å². The molecule has 0 bridgehead atoms. The minimum atomic E-state index is -0.301. The van der Waals surface area contributed by atoms with E-state index in [4.69, 9.17) is 10.9 Å². The van der Waals surface area contributed by atoms with Crippen LogP contribution in [0.3, 0.4) is 0 Å². The lowest BCUT2D eigenvalue weighted by Gasteiger charge is -2.02. The Kier molecular flexibility index (Phi) is 3.33. The predicted octanol–water partition coefficient (Wildman–Crippen LogP) is -0.251. The van der Waals surface area contributed by atoms with Gasteiger partial charge in [-0.1, -0.05) is 11.2 Å². The summed E-state index contributed by atoms with van der Waals surface area (Å²) in [6.07, 6.45) is 0. The third kappa shape index (κ3) is 2.35. The highest BCUT2D eigenvalue weighted by molar-refractivity contribution is 7.99. The maximum absolute atomic E-state index is 11.2. The number of aromatic amines is 1. The van der Waals surface area contributed by atoms with E-state index in [1.165, 1.54) is 16.3 Å². The Labute approximate surface area is 106 Å². The number of nitrogens with zero attached hydrogens (tertiary/aromatic N) is 4. The molecule has 2 rings (SSSR count). The highest BCUT2D eigenvalue weighted by atomic mass is 32.2. The van der Waals surface area contributed by atoms with Gasteiger partial charge in [0.2, 0.25) is 0 Å². The maximum atomic E-state index is 11.2. The van der Waals surface area contributed by atoms with Crippen LogP contribution in [0.4, 0.5) is 0 Å². The first kappa shape index (κ1) is 12.2. The second kappa shape index (κ2) is 4.92. The molecule has 0 unspecified atom stereocenters. The summed E-state index contributed by atoms with van der Waals surface area (Å²) in [6.45, 7) is 0. The van der Waals surface area contributed by atoms with Crippen molar-refractivity contribution in [3.63, 3.8) is 0 Å². The molecule has 0 aliphatic heterocycles. The largest absolute Gasteiger partial charge is 0.409 e. The lowest BCUT2D eigenvalue weighted by molar-refractivity contribution is 0.318. The molecule has 2 aromatic rings. The number of oxime groups is 1. The fraction of sp³-hybridized carbons (Fsp3) is 0.111. The van der Waals surface area contributed by atoms with Gasteiger partial charge in [0.15, 0.2) is 11.0 Å². The molecule has 0 saturated heterocycles. The van der Waals surface area contributed by atoms with Gasteiger partial charge in [0.25, 0.3) is 0 Å². The van der Waals surface area contributed by atoms with Crippen molar-refractivity contribution in [3.8, 4) is 0 Å². The minimum Gasteiger partial charge on any atom is -0.409 e. The van der Waals surface area contributed by atoms with E-state index in [1.807, 2.05) is 0 Å². The van der Waals surface area contributed by atoms with Crippen molar-refractivity contribution < 1.29 is 5.21 Å². The van der Waals surface area contributed by atoms with E-state index in [-0.39, 0.29) is 11.5 Å². The highest BCUT2D eigenvalue weighted by Gasteiger charge is 2.09. The van der Waals surface area contributed by atoms with E-state index < -0.39 is 0 Å². The summed E-state index contributed by atoms with van der Waals surface area (Å²) in [4.78, 5) is 15.4. The van der Waals surface area contributed by atoms with Crippen LogP contribution in [0.5, 0.6) is 0 Å². The number of hydrogen-bond donors (Lipinski definition) is 3. The van der Waals surface area contributed by atoms with Gasteiger partial charge < -0.3 is 10.9 Å². The topological polar surface area (TPSA) is 122 Å². The molecule has 2 heterocycles. The molecule has 0 atom stereocenters. The van der Waals surface area contributed by atoms with Gasteiger partial charge in [-0.25, -0.2) is 14.9 Å². The van der Waals surface area contributed by atoms with Gasteiger partial charge in [-0.2, -0.15) is 0 Å². The predicted molar refractivity (Wildman–Crippen MR) is 64.7 cm³/mol. The molecule has 4 N–H and O–H groups in total. The van der Waals surface area contributed by atoms with E-state index in [0.717, 1.165) is 0 Å². The number of nitrogens with two attached hydrogens (primary N) is 1. The molecule has 0 aliphatic carbocycles. The normalized spacial score (nSPS) is 11.7. The molecule has 9 heteroatoms. The number of amidine groups is 1. The van der Waals surface area contributed by atoms with Crippen LogP contribution < -0.4 is 11.4 Å². The van der Waals surface area contributed by atoms with Crippen molar-refractivity contribution in [2.45, 2.75) is 10.2 Å². The lowest BCUT2D eigenvalue weighted by atomic mass is 10.3. The zero-order valence-corrected chi connectivity index (χ0v) is 10.2. The molecule has 94 valence electrons. The Morgan fingerprint density at radius 1 is 1.61 bits per heavy atom. The number of hydrogen-bond acceptors (Lipinski definition) is 6. The number of nitrogens with one attached hydrogen (secondary N) is 1. The van der Waals surface area contributed by atoms with Crippen LogP contribution in [-0.2, 0) is 7.05 Å². The second-order valence-electron chi connectivity index (χ2n) is 3.32. The molecule has 18 heavy (non-hydrogen) atoms. The van der Waals surface area contributed by atoms with Gasteiger partial charge in [0, 0.05) is 7.05 Å². The molecule has 0 amide bonds. The molecule has 0 aromatic carbocycles. The molecular formula is C9H10N6O2S. The molecule has 0 radical (unpaired) electrons. The number of aromatic nitrogens is 4.